The summed E-state index contributed by atoms with van der Waals surface area (Å²) in [5.41, 5.74) is 0. The standard InChI is InChI=1S/C19H21N3O5/c1-12-16(27-15-6-4-3-5-14(15)25-12)19(23)22-10-7-13(11-22)26-18-17(24-2)20-8-9-21-18/h3-6,8-9,12-13,16H,7,10-11H2,1-2H3. The van der Waals surface area contributed by atoms with Crippen LogP contribution in [0.3, 0.4) is 0 Å². The molecule has 27 heavy (non-hydrogen) atoms. The molecule has 0 spiro atoms. The van der Waals surface area contributed by atoms with E-state index in [-0.39, 0.29) is 18.1 Å². The highest BCUT2D eigenvalue weighted by molar-refractivity contribution is 5.82. The van der Waals surface area contributed by atoms with E-state index in [4.69, 9.17) is 18.9 Å². The van der Waals surface area contributed by atoms with Gasteiger partial charge in [-0.1, -0.05) is 12.1 Å². The number of ether oxygens (including phenoxy) is 4. The van der Waals surface area contributed by atoms with Crippen LogP contribution < -0.4 is 18.9 Å². The highest BCUT2D eigenvalue weighted by Crippen LogP contribution is 2.34. The monoisotopic (exact) mass is 371 g/mol. The molecule has 3 unspecified atom stereocenters. The Morgan fingerprint density at radius 3 is 2.59 bits per heavy atom. The Hall–Kier alpha value is -3.03. The van der Waals surface area contributed by atoms with E-state index in [0.717, 1.165) is 0 Å². The van der Waals surface area contributed by atoms with E-state index in [9.17, 15) is 4.79 Å². The van der Waals surface area contributed by atoms with Crippen LogP contribution in [-0.4, -0.2) is 59.3 Å². The summed E-state index contributed by atoms with van der Waals surface area (Å²) >= 11 is 0. The molecule has 1 saturated heterocycles. The minimum absolute atomic E-state index is 0.103. The molecule has 0 saturated carbocycles. The van der Waals surface area contributed by atoms with Gasteiger partial charge in [0.05, 0.1) is 13.7 Å². The maximum atomic E-state index is 13.0. The fourth-order valence-corrected chi connectivity index (χ4v) is 3.29. The van der Waals surface area contributed by atoms with Crippen LogP contribution in [0, 0.1) is 0 Å². The quantitative estimate of drug-likeness (QED) is 0.809. The van der Waals surface area contributed by atoms with Gasteiger partial charge in [0.15, 0.2) is 11.5 Å². The van der Waals surface area contributed by atoms with Gasteiger partial charge in [-0.05, 0) is 19.1 Å². The lowest BCUT2D eigenvalue weighted by molar-refractivity contribution is -0.143. The van der Waals surface area contributed by atoms with Crippen LogP contribution in [0.1, 0.15) is 13.3 Å². The maximum absolute atomic E-state index is 13.0. The number of para-hydroxylation sites is 2. The normalized spacial score (nSPS) is 23.8. The van der Waals surface area contributed by atoms with Crippen molar-refractivity contribution >= 4 is 5.91 Å². The van der Waals surface area contributed by atoms with Gasteiger partial charge in [0.1, 0.15) is 12.2 Å². The zero-order valence-corrected chi connectivity index (χ0v) is 15.2. The second-order valence-corrected chi connectivity index (χ2v) is 6.49. The number of rotatable bonds is 4. The molecule has 2 aliphatic heterocycles. The number of hydrogen-bond donors (Lipinski definition) is 0. The minimum Gasteiger partial charge on any atom is -0.482 e. The molecule has 2 aliphatic rings. The molecule has 1 fully saturated rings. The van der Waals surface area contributed by atoms with Gasteiger partial charge in [0, 0.05) is 25.4 Å². The number of carbonyl (C=O) groups excluding carboxylic acids is 1. The molecule has 4 rings (SSSR count). The van der Waals surface area contributed by atoms with Crippen LogP contribution in [0.15, 0.2) is 36.7 Å². The molecule has 0 N–H and O–H groups in total. The Morgan fingerprint density at radius 1 is 1.15 bits per heavy atom. The first-order valence-corrected chi connectivity index (χ1v) is 8.88. The predicted molar refractivity (Wildman–Crippen MR) is 95.1 cm³/mol. The Labute approximate surface area is 157 Å². The summed E-state index contributed by atoms with van der Waals surface area (Å²) < 4.78 is 22.8. The zero-order valence-electron chi connectivity index (χ0n) is 15.2. The van der Waals surface area contributed by atoms with Crippen molar-refractivity contribution in [1.82, 2.24) is 14.9 Å². The van der Waals surface area contributed by atoms with Gasteiger partial charge in [0.25, 0.3) is 17.7 Å². The molecule has 142 valence electrons. The molecule has 1 aromatic carbocycles. The third-order valence-electron chi connectivity index (χ3n) is 4.65. The molecule has 3 atom stereocenters. The first kappa shape index (κ1) is 17.4. The third-order valence-corrected chi connectivity index (χ3v) is 4.65. The minimum atomic E-state index is -0.676. The van der Waals surface area contributed by atoms with E-state index in [0.29, 0.717) is 42.8 Å². The van der Waals surface area contributed by atoms with E-state index in [2.05, 4.69) is 9.97 Å². The number of nitrogens with zero attached hydrogens (tertiary/aromatic N) is 3. The zero-order chi connectivity index (χ0) is 18.8. The first-order chi connectivity index (χ1) is 13.2. The fourth-order valence-electron chi connectivity index (χ4n) is 3.29. The van der Waals surface area contributed by atoms with E-state index >= 15 is 0 Å². The summed E-state index contributed by atoms with van der Waals surface area (Å²) in [6.45, 7) is 2.88. The number of amides is 1. The van der Waals surface area contributed by atoms with E-state index < -0.39 is 6.10 Å². The Morgan fingerprint density at radius 2 is 1.85 bits per heavy atom. The summed E-state index contributed by atoms with van der Waals surface area (Å²) in [6, 6.07) is 7.37. The maximum Gasteiger partial charge on any atom is 0.278 e. The highest BCUT2D eigenvalue weighted by atomic mass is 16.6. The van der Waals surface area contributed by atoms with Crippen molar-refractivity contribution in [3.63, 3.8) is 0 Å². The Kier molecular flexibility index (Phi) is 4.70. The molecule has 1 aromatic heterocycles. The summed E-state index contributed by atoms with van der Waals surface area (Å²) in [7, 11) is 1.51. The highest BCUT2D eigenvalue weighted by Gasteiger charge is 2.39. The van der Waals surface area contributed by atoms with Crippen LogP contribution in [-0.2, 0) is 4.79 Å². The van der Waals surface area contributed by atoms with Gasteiger partial charge in [-0.25, -0.2) is 9.97 Å². The van der Waals surface area contributed by atoms with Gasteiger partial charge < -0.3 is 23.8 Å². The second kappa shape index (κ2) is 7.30. The van der Waals surface area contributed by atoms with E-state index in [1.54, 1.807) is 17.2 Å². The SMILES string of the molecule is COc1nccnc1OC1CCN(C(=O)C2Oc3ccccc3OC2C)C1. The van der Waals surface area contributed by atoms with Gasteiger partial charge in [0.2, 0.25) is 6.10 Å². The average Bonchev–Trinajstić information content (AvgIpc) is 3.16. The lowest BCUT2D eigenvalue weighted by atomic mass is 10.1. The second-order valence-electron chi connectivity index (χ2n) is 6.49. The van der Waals surface area contributed by atoms with Gasteiger partial charge >= 0.3 is 0 Å². The topological polar surface area (TPSA) is 83.0 Å². The molecule has 2 aromatic rings. The lowest BCUT2D eigenvalue weighted by Crippen LogP contribution is -2.50. The van der Waals surface area contributed by atoms with Gasteiger partial charge in [-0.3, -0.25) is 4.79 Å². The largest absolute Gasteiger partial charge is 0.482 e. The van der Waals surface area contributed by atoms with Gasteiger partial charge in [-0.2, -0.15) is 0 Å². The molecule has 1 amide bonds. The summed E-state index contributed by atoms with van der Waals surface area (Å²) in [6.07, 6.45) is 2.56. The van der Waals surface area contributed by atoms with Crippen molar-refractivity contribution < 1.29 is 23.7 Å². The van der Waals surface area contributed by atoms with E-state index in [1.807, 2.05) is 25.1 Å². The first-order valence-electron chi connectivity index (χ1n) is 8.88. The predicted octanol–water partition coefficient (Wildman–Crippen LogP) is 1.69. The van der Waals surface area contributed by atoms with Crippen molar-refractivity contribution in [3.8, 4) is 23.3 Å². The van der Waals surface area contributed by atoms with Crippen molar-refractivity contribution in [2.45, 2.75) is 31.7 Å². The average molecular weight is 371 g/mol. The van der Waals surface area contributed by atoms with Crippen molar-refractivity contribution in [1.29, 1.82) is 0 Å². The third kappa shape index (κ3) is 3.47. The van der Waals surface area contributed by atoms with Crippen LogP contribution in [0.2, 0.25) is 0 Å². The van der Waals surface area contributed by atoms with Gasteiger partial charge in [-0.15, -0.1) is 0 Å². The molecule has 0 radical (unpaired) electrons. The fraction of sp³-hybridized carbons (Fsp3) is 0.421. The molecule has 8 nitrogen and oxygen atoms in total. The summed E-state index contributed by atoms with van der Waals surface area (Å²) in [5.74, 6) is 1.81. The number of methoxy groups -OCH3 is 1. The molecular weight excluding hydrogens is 350 g/mol. The van der Waals surface area contributed by atoms with Crippen molar-refractivity contribution in [2.24, 2.45) is 0 Å². The molecule has 0 bridgehead atoms. The van der Waals surface area contributed by atoms with Crippen LogP contribution in [0.25, 0.3) is 0 Å². The summed E-state index contributed by atoms with van der Waals surface area (Å²) in [4.78, 5) is 22.9. The van der Waals surface area contributed by atoms with Crippen LogP contribution >= 0.6 is 0 Å². The smallest absolute Gasteiger partial charge is 0.278 e. The molecule has 3 heterocycles. The number of likely N-dealkylation sites (tertiary alicyclic amines) is 1. The number of benzene rings is 1. The number of hydrogen-bond acceptors (Lipinski definition) is 7. The molecule has 0 aliphatic carbocycles. The molecular formula is C19H21N3O5. The van der Waals surface area contributed by atoms with Crippen molar-refractivity contribution in [2.75, 3.05) is 20.2 Å². The summed E-state index contributed by atoms with van der Waals surface area (Å²) in [5, 5.41) is 0. The van der Waals surface area contributed by atoms with Crippen LogP contribution in [0.4, 0.5) is 0 Å². The Bertz CT molecular complexity index is 830. The number of aromatic nitrogens is 2. The Balaban J connectivity index is 1.41. The number of carbonyl (C=O) groups is 1. The van der Waals surface area contributed by atoms with Crippen molar-refractivity contribution in [3.05, 3.63) is 36.7 Å². The van der Waals surface area contributed by atoms with Crippen LogP contribution in [0.5, 0.6) is 23.3 Å². The molecule has 8 heteroatoms. The number of fused-ring (bicyclic) bond motifs is 1. The van der Waals surface area contributed by atoms with E-state index in [1.165, 1.54) is 13.3 Å². The lowest BCUT2D eigenvalue weighted by Gasteiger charge is -2.33.